The van der Waals surface area contributed by atoms with Crippen LogP contribution in [-0.4, -0.2) is 67.7 Å². The minimum absolute atomic E-state index is 0.0110. The Morgan fingerprint density at radius 1 is 0.440 bits per heavy atom. The summed E-state index contributed by atoms with van der Waals surface area (Å²) in [6.07, 6.45) is -0.536. The molecular weight excluding hydrogens is 961 g/mol. The average molecular weight is 1010 g/mol. The van der Waals surface area contributed by atoms with Gasteiger partial charge in [0.15, 0.2) is 11.6 Å². The van der Waals surface area contributed by atoms with E-state index < -0.39 is 76.5 Å². The monoisotopic (exact) mass is 1010 g/mol. The van der Waals surface area contributed by atoms with Crippen molar-refractivity contribution in [1.29, 1.82) is 0 Å². The van der Waals surface area contributed by atoms with Crippen molar-refractivity contribution in [1.82, 2.24) is 0 Å². The number of hydrogen-bond donors (Lipinski definition) is 11. The van der Waals surface area contributed by atoms with Crippen LogP contribution in [0, 0.1) is 11.8 Å². The first kappa shape index (κ1) is 49.0. The lowest BCUT2D eigenvalue weighted by Crippen LogP contribution is -2.30. The van der Waals surface area contributed by atoms with Gasteiger partial charge in [0.05, 0.1) is 29.3 Å². The second-order valence-corrected chi connectivity index (χ2v) is 18.7. The third kappa shape index (κ3) is 9.63. The maximum atomic E-state index is 15.1. The topological polar surface area (TPSA) is 275 Å². The fourth-order valence-corrected chi connectivity index (χ4v) is 10.5. The van der Waals surface area contributed by atoms with Crippen LogP contribution in [0.4, 0.5) is 0 Å². The van der Waals surface area contributed by atoms with Crippen LogP contribution in [0.5, 0.6) is 69.0 Å². The predicted molar refractivity (Wildman–Crippen MR) is 273 cm³/mol. The highest BCUT2D eigenvalue weighted by Gasteiger charge is 2.51. The number of aromatic hydroxyl groups is 11. The van der Waals surface area contributed by atoms with Crippen LogP contribution in [0.2, 0.25) is 0 Å². The molecule has 2 heterocycles. The number of carbonyl (C=O) groups excluding carboxylic acids is 2. The summed E-state index contributed by atoms with van der Waals surface area (Å²) in [5, 5.41) is 120. The van der Waals surface area contributed by atoms with E-state index in [0.29, 0.717) is 27.8 Å². The highest BCUT2D eigenvalue weighted by molar-refractivity contribution is 6.08. The Balaban J connectivity index is 1.16. The lowest BCUT2D eigenvalue weighted by Gasteiger charge is -2.41. The van der Waals surface area contributed by atoms with Crippen LogP contribution >= 0.6 is 0 Å². The van der Waals surface area contributed by atoms with Gasteiger partial charge in [0.1, 0.15) is 75.1 Å². The maximum Gasteiger partial charge on any atom is 0.189 e. The highest BCUT2D eigenvalue weighted by atomic mass is 16.5. The minimum atomic E-state index is -1.18. The van der Waals surface area contributed by atoms with Crippen molar-refractivity contribution in [2.45, 2.75) is 36.6 Å². The van der Waals surface area contributed by atoms with Gasteiger partial charge >= 0.3 is 0 Å². The summed E-state index contributed by atoms with van der Waals surface area (Å²) in [6, 6.07) is 37.4. The van der Waals surface area contributed by atoms with E-state index in [1.54, 1.807) is 60.7 Å². The smallest absolute Gasteiger partial charge is 0.189 e. The van der Waals surface area contributed by atoms with Gasteiger partial charge in [-0.25, -0.2) is 0 Å². The van der Waals surface area contributed by atoms with Gasteiger partial charge in [0, 0.05) is 64.3 Å². The standard InChI is InChI=1S/C60H48O15/c61-34-9-1-30(2-10-34)24-46-56(57(73)41-19-16-38(65)26-50(41)70)59(33-7-13-36(63)14-8-33)75-60(46)45-28-44(51(71)29-52(45)72)54-42-20-17-39(66)27-53(42)74-58(32-5-11-35(62)12-6-32)55(54)43-23-31(4-22-48(43)68)3-21-47(67)40-18-15-37(64)25-49(40)69/h1-23,25-29,46,54-56,58-66,68-72H,24H2/b21-3+/t46?,54-,55-,56?,58+,59?,60?/m0/s1. The Hall–Kier alpha value is -9.60. The molecule has 2 aliphatic heterocycles. The molecule has 0 spiro atoms. The molecular formula is C60H48O15. The van der Waals surface area contributed by atoms with Crippen LogP contribution in [0.15, 0.2) is 164 Å². The number of phenolic OH excluding ortho intramolecular Hbond substituents is 11. The largest absolute Gasteiger partial charge is 0.508 e. The summed E-state index contributed by atoms with van der Waals surface area (Å²) >= 11 is 0. The SMILES string of the molecule is O=C(/C=C/c1ccc(O)c([C@H]2[C@H](c3cc(C4OC(c5ccc(O)cc5)C(C(=O)c5ccc(O)cc5O)C4Cc4ccc(O)cc4)c(O)cc3O)c3ccc(O)cc3O[C@@H]2c2ccc(O)cc2)c1)c1ccc(O)cc1O. The summed E-state index contributed by atoms with van der Waals surface area (Å²) in [7, 11) is 0. The molecule has 1 saturated heterocycles. The lowest BCUT2D eigenvalue weighted by atomic mass is 9.69. The molecule has 15 nitrogen and oxygen atoms in total. The molecule has 0 aromatic heterocycles. The fourth-order valence-electron chi connectivity index (χ4n) is 10.5. The number of phenols is 11. The van der Waals surface area contributed by atoms with E-state index in [-0.39, 0.29) is 80.2 Å². The zero-order valence-electron chi connectivity index (χ0n) is 39.5. The molecule has 0 bridgehead atoms. The normalized spacial score (nSPS) is 20.1. The summed E-state index contributed by atoms with van der Waals surface area (Å²) in [5.74, 6) is -7.78. The Morgan fingerprint density at radius 3 is 1.61 bits per heavy atom. The molecule has 8 aromatic rings. The van der Waals surface area contributed by atoms with Crippen LogP contribution in [0.1, 0.15) is 95.4 Å². The van der Waals surface area contributed by atoms with Gasteiger partial charge in [0.2, 0.25) is 0 Å². The molecule has 10 rings (SSSR count). The second-order valence-electron chi connectivity index (χ2n) is 18.7. The van der Waals surface area contributed by atoms with E-state index in [1.165, 1.54) is 91.0 Å². The highest BCUT2D eigenvalue weighted by Crippen LogP contribution is 2.60. The summed E-state index contributed by atoms with van der Waals surface area (Å²) < 4.78 is 13.7. The van der Waals surface area contributed by atoms with Crippen molar-refractivity contribution < 1.29 is 75.2 Å². The van der Waals surface area contributed by atoms with Crippen LogP contribution in [-0.2, 0) is 11.2 Å². The van der Waals surface area contributed by atoms with Crippen molar-refractivity contribution in [3.8, 4) is 69.0 Å². The minimum Gasteiger partial charge on any atom is -0.508 e. The Labute approximate surface area is 428 Å². The van der Waals surface area contributed by atoms with Gasteiger partial charge in [-0.05, 0) is 120 Å². The second kappa shape index (κ2) is 19.8. The summed E-state index contributed by atoms with van der Waals surface area (Å²) in [4.78, 5) is 28.4. The van der Waals surface area contributed by atoms with Crippen molar-refractivity contribution in [3.05, 3.63) is 219 Å². The first-order valence-electron chi connectivity index (χ1n) is 23.7. The third-order valence-corrected chi connectivity index (χ3v) is 14.0. The van der Waals surface area contributed by atoms with E-state index >= 15 is 4.79 Å². The number of carbonyl (C=O) groups is 2. The number of ether oxygens (including phenoxy) is 2. The van der Waals surface area contributed by atoms with Gasteiger partial charge in [-0.1, -0.05) is 54.6 Å². The molecule has 4 unspecified atom stereocenters. The lowest BCUT2D eigenvalue weighted by molar-refractivity contribution is 0.0253. The van der Waals surface area contributed by atoms with Crippen LogP contribution < -0.4 is 4.74 Å². The predicted octanol–water partition coefficient (Wildman–Crippen LogP) is 10.6. The van der Waals surface area contributed by atoms with Crippen molar-refractivity contribution >= 4 is 17.6 Å². The van der Waals surface area contributed by atoms with Crippen molar-refractivity contribution in [3.63, 3.8) is 0 Å². The quantitative estimate of drug-likeness (QED) is 0.0401. The van der Waals surface area contributed by atoms with Gasteiger partial charge in [-0.15, -0.1) is 0 Å². The molecule has 0 aliphatic carbocycles. The number of rotatable bonds is 12. The maximum absolute atomic E-state index is 15.1. The van der Waals surface area contributed by atoms with Crippen molar-refractivity contribution in [2.75, 3.05) is 0 Å². The van der Waals surface area contributed by atoms with Crippen molar-refractivity contribution in [2.24, 2.45) is 11.8 Å². The van der Waals surface area contributed by atoms with Crippen LogP contribution in [0.3, 0.4) is 0 Å². The Bertz CT molecular complexity index is 3520. The zero-order valence-corrected chi connectivity index (χ0v) is 39.5. The number of allylic oxidation sites excluding steroid dienone is 1. The molecule has 8 aromatic carbocycles. The first-order valence-corrected chi connectivity index (χ1v) is 23.7. The molecule has 75 heavy (non-hydrogen) atoms. The molecule has 1 fully saturated rings. The number of benzene rings is 8. The van der Waals surface area contributed by atoms with Gasteiger partial charge in [0.25, 0.3) is 0 Å². The fraction of sp³-hybridized carbons (Fsp3) is 0.133. The molecule has 0 radical (unpaired) electrons. The van der Waals surface area contributed by atoms with Gasteiger partial charge in [-0.3, -0.25) is 9.59 Å². The van der Waals surface area contributed by atoms with E-state index in [1.807, 2.05) is 0 Å². The first-order chi connectivity index (χ1) is 36.0. The number of fused-ring (bicyclic) bond motifs is 1. The molecule has 378 valence electrons. The zero-order chi connectivity index (χ0) is 52.8. The number of ketones is 2. The number of hydrogen-bond acceptors (Lipinski definition) is 15. The Kier molecular flexibility index (Phi) is 12.9. The number of Topliss-reactive ketones (excluding diaryl/α,β-unsaturated/α-hetero) is 1. The summed E-state index contributed by atoms with van der Waals surface area (Å²) in [6.45, 7) is 0. The molecule has 2 aliphatic rings. The molecule has 7 atom stereocenters. The van der Waals surface area contributed by atoms with Crippen LogP contribution in [0.25, 0.3) is 6.08 Å². The van der Waals surface area contributed by atoms with E-state index in [9.17, 15) is 61.0 Å². The Morgan fingerprint density at radius 2 is 0.987 bits per heavy atom. The van der Waals surface area contributed by atoms with E-state index in [0.717, 1.165) is 18.2 Å². The average Bonchev–Trinajstić information content (AvgIpc) is 3.78. The van der Waals surface area contributed by atoms with Gasteiger partial charge in [-0.2, -0.15) is 0 Å². The third-order valence-electron chi connectivity index (χ3n) is 14.0. The van der Waals surface area contributed by atoms with E-state index in [2.05, 4.69) is 0 Å². The molecule has 11 N–H and O–H groups in total. The summed E-state index contributed by atoms with van der Waals surface area (Å²) in [5.41, 5.74) is 2.79. The van der Waals surface area contributed by atoms with E-state index in [4.69, 9.17) is 9.47 Å². The van der Waals surface area contributed by atoms with Gasteiger partial charge < -0.3 is 65.6 Å². The molecule has 0 amide bonds. The molecule has 15 heteroatoms. The molecule has 0 saturated carbocycles.